The number of thioether (sulfide) groups is 1. The molecule has 1 aliphatic heterocycles. The van der Waals surface area contributed by atoms with Crippen molar-refractivity contribution in [3.05, 3.63) is 78.7 Å². The molecule has 0 unspecified atom stereocenters. The number of non-ortho nitro benzene ring substituents is 2. The van der Waals surface area contributed by atoms with Crippen LogP contribution in [0.2, 0.25) is 0 Å². The maximum absolute atomic E-state index is 12.7. The Morgan fingerprint density at radius 2 is 1.76 bits per heavy atom. The lowest BCUT2D eigenvalue weighted by molar-refractivity contribution is -0.385. The summed E-state index contributed by atoms with van der Waals surface area (Å²) in [6, 6.07) is 9.55. The third kappa shape index (κ3) is 4.24. The van der Waals surface area contributed by atoms with Gasteiger partial charge in [-0.1, -0.05) is 12.1 Å². The molecule has 0 aliphatic carbocycles. The highest BCUT2D eigenvalue weighted by molar-refractivity contribution is 8.18. The highest BCUT2D eigenvalue weighted by Crippen LogP contribution is 2.36. The van der Waals surface area contributed by atoms with Gasteiger partial charge in [0.05, 0.1) is 28.4 Å². The average molecular weight is 415 g/mol. The number of hydrogen-bond donors (Lipinski definition) is 0. The van der Waals surface area contributed by atoms with Crippen molar-refractivity contribution in [3.63, 3.8) is 0 Å². The molecule has 1 aliphatic rings. The second kappa shape index (κ2) is 8.10. The van der Waals surface area contributed by atoms with E-state index in [-0.39, 0.29) is 28.4 Å². The molecular formula is C18H13N3O7S. The van der Waals surface area contributed by atoms with Gasteiger partial charge in [0.15, 0.2) is 0 Å². The van der Waals surface area contributed by atoms with E-state index < -0.39 is 21.0 Å². The molecule has 3 rings (SSSR count). The van der Waals surface area contributed by atoms with Gasteiger partial charge in [-0.15, -0.1) is 0 Å². The summed E-state index contributed by atoms with van der Waals surface area (Å²) in [7, 11) is 1.38. The molecule has 2 aromatic rings. The van der Waals surface area contributed by atoms with Gasteiger partial charge in [0, 0.05) is 29.8 Å². The van der Waals surface area contributed by atoms with Gasteiger partial charge in [-0.05, 0) is 29.5 Å². The quantitative estimate of drug-likeness (QED) is 0.396. The Kier molecular flexibility index (Phi) is 5.59. The molecule has 0 saturated carbocycles. The Labute approximate surface area is 168 Å². The summed E-state index contributed by atoms with van der Waals surface area (Å²) < 4.78 is 5.16. The number of amides is 2. The van der Waals surface area contributed by atoms with Crippen LogP contribution in [0.4, 0.5) is 16.2 Å². The number of nitro groups is 2. The molecule has 1 fully saturated rings. The maximum atomic E-state index is 12.7. The Morgan fingerprint density at radius 1 is 1.07 bits per heavy atom. The van der Waals surface area contributed by atoms with Crippen LogP contribution in [0, 0.1) is 20.2 Å². The monoisotopic (exact) mass is 415 g/mol. The third-order valence-corrected chi connectivity index (χ3v) is 4.95. The summed E-state index contributed by atoms with van der Waals surface area (Å²) in [5.41, 5.74) is 0.373. The molecule has 2 amide bonds. The molecule has 29 heavy (non-hydrogen) atoms. The van der Waals surface area contributed by atoms with Crippen molar-refractivity contribution in [1.29, 1.82) is 0 Å². The van der Waals surface area contributed by atoms with Crippen LogP contribution in [0.3, 0.4) is 0 Å². The van der Waals surface area contributed by atoms with Crippen molar-refractivity contribution in [2.24, 2.45) is 0 Å². The minimum absolute atomic E-state index is 0.0687. The van der Waals surface area contributed by atoms with Crippen LogP contribution in [0.15, 0.2) is 47.4 Å². The summed E-state index contributed by atoms with van der Waals surface area (Å²) in [5.74, 6) is -0.291. The number of ether oxygens (including phenoxy) is 1. The number of nitrogens with zero attached hydrogens (tertiary/aromatic N) is 3. The molecule has 0 aromatic heterocycles. The number of methoxy groups -OCH3 is 1. The minimum atomic E-state index is -0.597. The lowest BCUT2D eigenvalue weighted by Gasteiger charge is -2.12. The number of nitro benzene ring substituents is 2. The number of carbonyl (C=O) groups is 2. The third-order valence-electron chi connectivity index (χ3n) is 4.05. The lowest BCUT2D eigenvalue weighted by atomic mass is 10.1. The fourth-order valence-corrected chi connectivity index (χ4v) is 3.51. The van der Waals surface area contributed by atoms with Gasteiger partial charge < -0.3 is 4.74 Å². The van der Waals surface area contributed by atoms with E-state index in [1.54, 1.807) is 6.07 Å². The zero-order valence-electron chi connectivity index (χ0n) is 14.9. The lowest BCUT2D eigenvalue weighted by Crippen LogP contribution is -2.27. The van der Waals surface area contributed by atoms with Gasteiger partial charge >= 0.3 is 0 Å². The van der Waals surface area contributed by atoms with Crippen LogP contribution in [0.5, 0.6) is 5.75 Å². The van der Waals surface area contributed by atoms with E-state index in [1.807, 2.05) is 0 Å². The van der Waals surface area contributed by atoms with Crippen LogP contribution >= 0.6 is 11.8 Å². The van der Waals surface area contributed by atoms with Crippen molar-refractivity contribution >= 4 is 40.4 Å². The largest absolute Gasteiger partial charge is 0.496 e. The molecule has 0 atom stereocenters. The van der Waals surface area contributed by atoms with Crippen molar-refractivity contribution in [1.82, 2.24) is 4.90 Å². The normalized spacial score (nSPS) is 15.1. The van der Waals surface area contributed by atoms with E-state index in [9.17, 15) is 29.8 Å². The Balaban J connectivity index is 1.89. The van der Waals surface area contributed by atoms with Gasteiger partial charge in [-0.2, -0.15) is 0 Å². The Hall–Kier alpha value is -3.73. The van der Waals surface area contributed by atoms with Gasteiger partial charge in [0.1, 0.15) is 5.75 Å². The Morgan fingerprint density at radius 3 is 2.41 bits per heavy atom. The van der Waals surface area contributed by atoms with Crippen LogP contribution in [0.1, 0.15) is 11.1 Å². The highest BCUT2D eigenvalue weighted by atomic mass is 32.2. The molecule has 148 valence electrons. The molecule has 2 aromatic carbocycles. The van der Waals surface area contributed by atoms with Crippen LogP contribution in [-0.4, -0.2) is 33.0 Å². The number of hydrogen-bond acceptors (Lipinski definition) is 8. The molecule has 10 nitrogen and oxygen atoms in total. The molecular weight excluding hydrogens is 402 g/mol. The fraction of sp³-hybridized carbons (Fsp3) is 0.111. The first-order valence-corrected chi connectivity index (χ1v) is 8.93. The van der Waals surface area contributed by atoms with Crippen LogP contribution < -0.4 is 4.74 Å². The average Bonchev–Trinajstić information content (AvgIpc) is 2.95. The standard InChI is InChI=1S/C18H13N3O7S/c1-28-15-6-5-14(21(26)27)8-12(15)9-16-17(22)19(18(23)29-16)10-11-3-2-4-13(7-11)20(24)25/h2-9H,10H2,1H3/b16-9+. The Bertz CT molecular complexity index is 1070. The zero-order valence-corrected chi connectivity index (χ0v) is 15.8. The molecule has 0 N–H and O–H groups in total. The summed E-state index contributed by atoms with van der Waals surface area (Å²) in [5, 5.41) is 21.3. The van der Waals surface area contributed by atoms with E-state index in [0.29, 0.717) is 23.1 Å². The fourth-order valence-electron chi connectivity index (χ4n) is 2.68. The van der Waals surface area contributed by atoms with E-state index in [4.69, 9.17) is 4.74 Å². The number of imide groups is 1. The van der Waals surface area contributed by atoms with E-state index in [0.717, 1.165) is 4.90 Å². The smallest absolute Gasteiger partial charge is 0.293 e. The summed E-state index contributed by atoms with van der Waals surface area (Å²) >= 11 is 0.679. The molecule has 1 heterocycles. The summed E-state index contributed by atoms with van der Waals surface area (Å²) in [6.45, 7) is -0.129. The zero-order chi connectivity index (χ0) is 21.1. The van der Waals surface area contributed by atoms with Gasteiger partial charge in [-0.25, -0.2) is 0 Å². The summed E-state index contributed by atoms with van der Waals surface area (Å²) in [4.78, 5) is 46.7. The van der Waals surface area contributed by atoms with Crippen LogP contribution in [0.25, 0.3) is 6.08 Å². The molecule has 1 saturated heterocycles. The van der Waals surface area contributed by atoms with Crippen molar-refractivity contribution in [2.45, 2.75) is 6.54 Å². The maximum Gasteiger partial charge on any atom is 0.293 e. The molecule has 0 radical (unpaired) electrons. The minimum Gasteiger partial charge on any atom is -0.496 e. The predicted octanol–water partition coefficient (Wildman–Crippen LogP) is 3.75. The van der Waals surface area contributed by atoms with Gasteiger partial charge in [0.2, 0.25) is 0 Å². The van der Waals surface area contributed by atoms with Crippen molar-refractivity contribution < 1.29 is 24.2 Å². The number of carbonyl (C=O) groups excluding carboxylic acids is 2. The van der Waals surface area contributed by atoms with Crippen molar-refractivity contribution in [2.75, 3.05) is 7.11 Å². The van der Waals surface area contributed by atoms with E-state index in [2.05, 4.69) is 0 Å². The number of benzene rings is 2. The van der Waals surface area contributed by atoms with Gasteiger partial charge in [-0.3, -0.25) is 34.7 Å². The van der Waals surface area contributed by atoms with E-state index in [1.165, 1.54) is 49.6 Å². The van der Waals surface area contributed by atoms with Crippen LogP contribution in [-0.2, 0) is 11.3 Å². The molecule has 0 bridgehead atoms. The molecule has 11 heteroatoms. The first-order valence-electron chi connectivity index (χ1n) is 8.11. The SMILES string of the molecule is COc1ccc([N+](=O)[O-])cc1/C=C1/SC(=O)N(Cc2cccc([N+](=O)[O-])c2)C1=O. The first kappa shape index (κ1) is 20.0. The highest BCUT2D eigenvalue weighted by Gasteiger charge is 2.35. The summed E-state index contributed by atoms with van der Waals surface area (Å²) in [6.07, 6.45) is 1.35. The second-order valence-electron chi connectivity index (χ2n) is 5.88. The number of rotatable bonds is 6. The topological polar surface area (TPSA) is 133 Å². The van der Waals surface area contributed by atoms with E-state index >= 15 is 0 Å². The van der Waals surface area contributed by atoms with Crippen molar-refractivity contribution in [3.8, 4) is 5.75 Å². The predicted molar refractivity (Wildman–Crippen MR) is 104 cm³/mol. The molecule has 0 spiro atoms. The second-order valence-corrected chi connectivity index (χ2v) is 6.87. The first-order chi connectivity index (χ1) is 13.8. The van der Waals surface area contributed by atoms with Gasteiger partial charge in [0.25, 0.3) is 22.5 Å².